The van der Waals surface area contributed by atoms with E-state index in [4.69, 9.17) is 10.2 Å². The summed E-state index contributed by atoms with van der Waals surface area (Å²) in [4.78, 5) is 9.45. The maximum atomic E-state index is 9.45. The Kier molecular flexibility index (Phi) is 7.30. The van der Waals surface area contributed by atoms with E-state index >= 15 is 0 Å². The molecule has 0 aliphatic carbocycles. The molecule has 0 bridgehead atoms. The Hall–Kier alpha value is 0.664. The maximum Gasteiger partial charge on any atom is 0.332 e. The molecule has 2 N–H and O–H groups in total. The van der Waals surface area contributed by atoms with Crippen LogP contribution in [0.5, 0.6) is 0 Å². The minimum atomic E-state index is -1.23. The van der Waals surface area contributed by atoms with Crippen molar-refractivity contribution in [2.45, 2.75) is 13.0 Å². The van der Waals surface area contributed by atoms with Crippen molar-refractivity contribution < 1.29 is 51.9 Å². The summed E-state index contributed by atoms with van der Waals surface area (Å²) in [5.74, 6) is -1.19. The summed E-state index contributed by atoms with van der Waals surface area (Å²) in [5.41, 5.74) is 0. The molecule has 1 atom stereocenters. The molecular weight excluding hydrogens is 259 g/mol. The van der Waals surface area contributed by atoms with E-state index in [-0.39, 0.29) is 36.9 Å². The van der Waals surface area contributed by atoms with Gasteiger partial charge < -0.3 is 10.2 Å². The summed E-state index contributed by atoms with van der Waals surface area (Å²) in [5, 5.41) is 15.8. The number of aliphatic hydroxyl groups is 1. The minimum absolute atomic E-state index is 0. The number of carbonyl (C=O) groups is 1. The summed E-state index contributed by atoms with van der Waals surface area (Å²) < 4.78 is 0. The molecule has 51 valence electrons. The van der Waals surface area contributed by atoms with Crippen LogP contribution in [-0.2, 0) is 4.79 Å². The van der Waals surface area contributed by atoms with Gasteiger partial charge in [0.1, 0.15) is 6.10 Å². The molecule has 3 nitrogen and oxygen atoms in total. The van der Waals surface area contributed by atoms with E-state index in [9.17, 15) is 4.79 Å². The molecule has 7 heavy (non-hydrogen) atoms. The monoisotopic (exact) mass is 265 g/mol. The van der Waals surface area contributed by atoms with Crippen molar-refractivity contribution in [1.29, 1.82) is 0 Å². The average Bonchev–Trinajstić information content (AvgIpc) is 1.36. The summed E-state index contributed by atoms with van der Waals surface area (Å²) in [6.45, 7) is 1.20. The number of aliphatic hydroxyl groups excluding tert-OH is 1. The molecule has 0 fully saturated rings. The van der Waals surface area contributed by atoms with Crippen molar-refractivity contribution in [3.8, 4) is 0 Å². The number of carboxylic acid groups (broad SMARTS) is 1. The Morgan fingerprint density at radius 3 is 1.86 bits per heavy atom. The molecule has 0 saturated heterocycles. The molecule has 0 aliphatic rings. The molecule has 1 radical (unpaired) electrons. The molecule has 1 unspecified atom stereocenters. The van der Waals surface area contributed by atoms with Crippen molar-refractivity contribution >= 4 is 5.97 Å². The Morgan fingerprint density at radius 2 is 1.86 bits per heavy atom. The first-order valence-corrected chi connectivity index (χ1v) is 1.55. The van der Waals surface area contributed by atoms with Gasteiger partial charge in [-0.25, -0.2) is 4.79 Å². The van der Waals surface area contributed by atoms with E-state index in [0.29, 0.717) is 0 Å². The number of hydrogen-bond acceptors (Lipinski definition) is 2. The molecule has 0 saturated carbocycles. The Labute approximate surface area is 70.5 Å². The Bertz CT molecular complexity index is 61.2. The molecular formula is C3H6LuO3. The van der Waals surface area contributed by atoms with Gasteiger partial charge in [0.2, 0.25) is 0 Å². The Balaban J connectivity index is 0. The zero-order chi connectivity index (χ0) is 5.15. The SMILES string of the molecule is CC(O)C(=O)O.[Lu]. The number of hydrogen-bond donors (Lipinski definition) is 2. The minimum Gasteiger partial charge on any atom is -0.479 e. The van der Waals surface area contributed by atoms with Crippen LogP contribution in [0.25, 0.3) is 0 Å². The predicted octanol–water partition coefficient (Wildman–Crippen LogP) is -0.548. The molecule has 0 aromatic carbocycles. The molecule has 0 aromatic rings. The molecule has 0 aliphatic heterocycles. The summed E-state index contributed by atoms with van der Waals surface area (Å²) in [6.07, 6.45) is -1.23. The molecule has 0 heterocycles. The van der Waals surface area contributed by atoms with Gasteiger partial charge in [-0.05, 0) is 6.92 Å². The van der Waals surface area contributed by atoms with Crippen LogP contribution in [0.3, 0.4) is 0 Å². The second-order valence-corrected chi connectivity index (χ2v) is 1.01. The van der Waals surface area contributed by atoms with E-state index < -0.39 is 12.1 Å². The van der Waals surface area contributed by atoms with Crippen molar-refractivity contribution in [3.63, 3.8) is 0 Å². The standard InChI is InChI=1S/C3H6O3.Lu/c1-2(4)3(5)6;/h2,4H,1H3,(H,5,6);. The zero-order valence-electron chi connectivity index (χ0n) is 3.64. The van der Waals surface area contributed by atoms with Gasteiger partial charge in [0.05, 0.1) is 0 Å². The fourth-order valence-electron chi connectivity index (χ4n) is 0. The number of rotatable bonds is 1. The van der Waals surface area contributed by atoms with Gasteiger partial charge in [-0.1, -0.05) is 0 Å². The molecule has 0 spiro atoms. The van der Waals surface area contributed by atoms with Crippen molar-refractivity contribution in [1.82, 2.24) is 0 Å². The fourth-order valence-corrected chi connectivity index (χ4v) is 0. The van der Waals surface area contributed by atoms with Crippen LogP contribution in [0.1, 0.15) is 6.92 Å². The van der Waals surface area contributed by atoms with Crippen LogP contribution in [0, 0.1) is 36.9 Å². The van der Waals surface area contributed by atoms with E-state index in [1.807, 2.05) is 0 Å². The van der Waals surface area contributed by atoms with Crippen molar-refractivity contribution in [2.24, 2.45) is 0 Å². The van der Waals surface area contributed by atoms with Crippen LogP contribution >= 0.6 is 0 Å². The molecule has 0 aromatic heterocycles. The van der Waals surface area contributed by atoms with Gasteiger partial charge >= 0.3 is 5.97 Å². The molecule has 0 rings (SSSR count). The van der Waals surface area contributed by atoms with Crippen LogP contribution in [0.4, 0.5) is 0 Å². The van der Waals surface area contributed by atoms with Gasteiger partial charge in [-0.3, -0.25) is 0 Å². The number of aliphatic carboxylic acids is 1. The topological polar surface area (TPSA) is 57.5 Å². The largest absolute Gasteiger partial charge is 0.479 e. The third-order valence-corrected chi connectivity index (χ3v) is 0.357. The predicted molar refractivity (Wildman–Crippen MR) is 19.3 cm³/mol. The van der Waals surface area contributed by atoms with Crippen LogP contribution in [0.15, 0.2) is 0 Å². The molecule has 4 heteroatoms. The van der Waals surface area contributed by atoms with Gasteiger partial charge in [0, 0.05) is 36.9 Å². The fraction of sp³-hybridized carbons (Fsp3) is 0.667. The summed E-state index contributed by atoms with van der Waals surface area (Å²) >= 11 is 0. The number of carboxylic acids is 1. The molecule has 0 amide bonds. The maximum absolute atomic E-state index is 9.45. The first-order valence-electron chi connectivity index (χ1n) is 1.55. The average molecular weight is 265 g/mol. The second kappa shape index (κ2) is 4.81. The van der Waals surface area contributed by atoms with Crippen LogP contribution < -0.4 is 0 Å². The van der Waals surface area contributed by atoms with Crippen LogP contribution in [0.2, 0.25) is 0 Å². The van der Waals surface area contributed by atoms with E-state index in [1.54, 1.807) is 0 Å². The second-order valence-electron chi connectivity index (χ2n) is 1.01. The van der Waals surface area contributed by atoms with Crippen LogP contribution in [-0.4, -0.2) is 22.3 Å². The van der Waals surface area contributed by atoms with Gasteiger partial charge in [0.15, 0.2) is 0 Å². The summed E-state index contributed by atoms with van der Waals surface area (Å²) in [6, 6.07) is 0. The quantitative estimate of drug-likeness (QED) is 0.669. The van der Waals surface area contributed by atoms with E-state index in [1.165, 1.54) is 6.92 Å². The first kappa shape index (κ1) is 10.6. The van der Waals surface area contributed by atoms with E-state index in [2.05, 4.69) is 0 Å². The smallest absolute Gasteiger partial charge is 0.332 e. The van der Waals surface area contributed by atoms with Gasteiger partial charge in [-0.15, -0.1) is 0 Å². The Morgan fingerprint density at radius 1 is 1.71 bits per heavy atom. The van der Waals surface area contributed by atoms with E-state index in [0.717, 1.165) is 0 Å². The zero-order valence-corrected chi connectivity index (χ0v) is 5.29. The third-order valence-electron chi connectivity index (χ3n) is 0.357. The van der Waals surface area contributed by atoms with Gasteiger partial charge in [-0.2, -0.15) is 0 Å². The normalized spacial score (nSPS) is 11.7. The van der Waals surface area contributed by atoms with Crippen molar-refractivity contribution in [3.05, 3.63) is 0 Å². The van der Waals surface area contributed by atoms with Crippen molar-refractivity contribution in [2.75, 3.05) is 0 Å². The first-order chi connectivity index (χ1) is 2.64. The summed E-state index contributed by atoms with van der Waals surface area (Å²) in [7, 11) is 0. The third kappa shape index (κ3) is 6.66. The van der Waals surface area contributed by atoms with Gasteiger partial charge in [0.25, 0.3) is 0 Å².